The average Bonchev–Trinajstić information content (AvgIpc) is 2.82. The summed E-state index contributed by atoms with van der Waals surface area (Å²) in [5, 5.41) is 14.9. The Kier molecular flexibility index (Phi) is 7.75. The standard InChI is InChI=1S/C26H33N3O2/c30-25(20-28-15-17-29(18-16-28)24-12-5-2-6-13-24)21-31-27-26-14-8-7-11-23(26)19-22-9-3-1-4-10-22/h1-6,9-10,12-13,19,25,30H,7-8,11,14-18,20-21H2/b23-19+,27-26+/t25-/m0/s1. The maximum Gasteiger partial charge on any atom is 0.144 e. The molecule has 0 bridgehead atoms. The van der Waals surface area contributed by atoms with Gasteiger partial charge in [-0.1, -0.05) is 53.7 Å². The van der Waals surface area contributed by atoms with Crippen LogP contribution in [0, 0.1) is 0 Å². The van der Waals surface area contributed by atoms with Gasteiger partial charge in [-0.3, -0.25) is 4.90 Å². The van der Waals surface area contributed by atoms with Crippen LogP contribution in [-0.4, -0.2) is 61.2 Å². The van der Waals surface area contributed by atoms with E-state index < -0.39 is 6.10 Å². The SMILES string of the molecule is O[C@H](CO/N=C1\CCCC\C1=C/c1ccccc1)CN1CCN(c2ccccc2)CC1. The number of hydrogen-bond acceptors (Lipinski definition) is 5. The Morgan fingerprint density at radius 2 is 1.58 bits per heavy atom. The number of hydrogen-bond donors (Lipinski definition) is 1. The third kappa shape index (κ3) is 6.42. The average molecular weight is 420 g/mol. The van der Waals surface area contributed by atoms with Crippen LogP contribution in [0.15, 0.2) is 71.4 Å². The van der Waals surface area contributed by atoms with E-state index in [9.17, 15) is 5.11 Å². The predicted molar refractivity (Wildman–Crippen MR) is 127 cm³/mol. The third-order valence-corrected chi connectivity index (χ3v) is 6.03. The number of nitrogens with zero attached hydrogens (tertiary/aromatic N) is 3. The highest BCUT2D eigenvalue weighted by atomic mass is 16.6. The maximum absolute atomic E-state index is 10.5. The molecule has 31 heavy (non-hydrogen) atoms. The van der Waals surface area contributed by atoms with Crippen molar-refractivity contribution in [2.24, 2.45) is 5.16 Å². The van der Waals surface area contributed by atoms with Gasteiger partial charge in [0, 0.05) is 38.4 Å². The molecule has 0 unspecified atom stereocenters. The third-order valence-electron chi connectivity index (χ3n) is 6.03. The van der Waals surface area contributed by atoms with Crippen molar-refractivity contribution in [2.45, 2.75) is 31.8 Å². The van der Waals surface area contributed by atoms with Gasteiger partial charge in [0.2, 0.25) is 0 Å². The Bertz CT molecular complexity index is 859. The van der Waals surface area contributed by atoms with E-state index in [4.69, 9.17) is 4.84 Å². The van der Waals surface area contributed by atoms with E-state index >= 15 is 0 Å². The molecule has 1 heterocycles. The highest BCUT2D eigenvalue weighted by Crippen LogP contribution is 2.23. The van der Waals surface area contributed by atoms with E-state index in [2.05, 4.69) is 69.6 Å². The van der Waals surface area contributed by atoms with E-state index in [0.29, 0.717) is 6.54 Å². The van der Waals surface area contributed by atoms with Gasteiger partial charge in [0.1, 0.15) is 12.7 Å². The number of benzene rings is 2. The minimum absolute atomic E-state index is 0.237. The van der Waals surface area contributed by atoms with Gasteiger partial charge in [0.25, 0.3) is 0 Å². The van der Waals surface area contributed by atoms with Crippen LogP contribution in [0.25, 0.3) is 6.08 Å². The number of allylic oxidation sites excluding steroid dienone is 1. The van der Waals surface area contributed by atoms with Crippen molar-refractivity contribution in [3.8, 4) is 0 Å². The van der Waals surface area contributed by atoms with Crippen LogP contribution in [0.4, 0.5) is 5.69 Å². The highest BCUT2D eigenvalue weighted by molar-refractivity contribution is 6.03. The van der Waals surface area contributed by atoms with Gasteiger partial charge in [-0.2, -0.15) is 0 Å². The largest absolute Gasteiger partial charge is 0.393 e. The zero-order valence-corrected chi connectivity index (χ0v) is 18.2. The van der Waals surface area contributed by atoms with Gasteiger partial charge < -0.3 is 14.8 Å². The molecule has 5 nitrogen and oxygen atoms in total. The molecule has 0 radical (unpaired) electrons. The molecule has 2 fully saturated rings. The monoisotopic (exact) mass is 419 g/mol. The number of aliphatic hydroxyl groups excluding tert-OH is 1. The first-order valence-corrected chi connectivity index (χ1v) is 11.4. The molecule has 1 saturated carbocycles. The highest BCUT2D eigenvalue weighted by Gasteiger charge is 2.20. The molecule has 164 valence electrons. The first-order chi connectivity index (χ1) is 15.3. The van der Waals surface area contributed by atoms with Gasteiger partial charge in [-0.15, -0.1) is 0 Å². The fourth-order valence-electron chi connectivity index (χ4n) is 4.30. The lowest BCUT2D eigenvalue weighted by Gasteiger charge is -2.36. The first-order valence-electron chi connectivity index (χ1n) is 11.4. The molecule has 0 spiro atoms. The maximum atomic E-state index is 10.5. The quantitative estimate of drug-likeness (QED) is 0.684. The summed E-state index contributed by atoms with van der Waals surface area (Å²) >= 11 is 0. The molecular formula is C26H33N3O2. The van der Waals surface area contributed by atoms with Crippen LogP contribution in [0.5, 0.6) is 0 Å². The van der Waals surface area contributed by atoms with E-state index in [-0.39, 0.29) is 6.61 Å². The minimum Gasteiger partial charge on any atom is -0.393 e. The van der Waals surface area contributed by atoms with Crippen molar-refractivity contribution in [1.29, 1.82) is 0 Å². The van der Waals surface area contributed by atoms with Gasteiger partial charge >= 0.3 is 0 Å². The second kappa shape index (κ2) is 11.1. The lowest BCUT2D eigenvalue weighted by Crippen LogP contribution is -2.49. The molecule has 2 aromatic carbocycles. The number of para-hydroxylation sites is 1. The van der Waals surface area contributed by atoms with Crippen molar-refractivity contribution in [2.75, 3.05) is 44.2 Å². The van der Waals surface area contributed by atoms with Gasteiger partial charge in [0.15, 0.2) is 0 Å². The van der Waals surface area contributed by atoms with Crippen molar-refractivity contribution in [3.05, 3.63) is 71.8 Å². The molecule has 1 saturated heterocycles. The summed E-state index contributed by atoms with van der Waals surface area (Å²) in [4.78, 5) is 10.3. The Morgan fingerprint density at radius 1 is 0.903 bits per heavy atom. The van der Waals surface area contributed by atoms with Crippen LogP contribution >= 0.6 is 0 Å². The molecule has 5 heteroatoms. The molecule has 2 aliphatic rings. The summed E-state index contributed by atoms with van der Waals surface area (Å²) in [6.07, 6.45) is 5.99. The van der Waals surface area contributed by atoms with Crippen LogP contribution in [-0.2, 0) is 4.84 Å². The van der Waals surface area contributed by atoms with Crippen LogP contribution < -0.4 is 4.90 Å². The van der Waals surface area contributed by atoms with Crippen LogP contribution in [0.3, 0.4) is 0 Å². The lowest BCUT2D eigenvalue weighted by atomic mass is 9.91. The van der Waals surface area contributed by atoms with Crippen LogP contribution in [0.1, 0.15) is 31.2 Å². The number of rotatable bonds is 7. The van der Waals surface area contributed by atoms with Crippen molar-refractivity contribution in [1.82, 2.24) is 4.90 Å². The Morgan fingerprint density at radius 3 is 2.32 bits per heavy atom. The minimum atomic E-state index is -0.530. The number of β-amino-alcohol motifs (C(OH)–C–C–N with tert-alkyl or cyclic N) is 1. The molecule has 0 amide bonds. The lowest BCUT2D eigenvalue weighted by molar-refractivity contribution is 0.0179. The fourth-order valence-corrected chi connectivity index (χ4v) is 4.30. The molecule has 0 aromatic heterocycles. The summed E-state index contributed by atoms with van der Waals surface area (Å²) in [5.41, 5.74) is 4.75. The smallest absolute Gasteiger partial charge is 0.144 e. The summed E-state index contributed by atoms with van der Waals surface area (Å²) in [6.45, 7) is 4.72. The Labute approximate surface area is 185 Å². The second-order valence-corrected chi connectivity index (χ2v) is 8.40. The predicted octanol–water partition coefficient (Wildman–Crippen LogP) is 4.20. The molecule has 1 N–H and O–H groups in total. The van der Waals surface area contributed by atoms with E-state index in [1.165, 1.54) is 23.2 Å². The zero-order valence-electron chi connectivity index (χ0n) is 18.2. The topological polar surface area (TPSA) is 48.3 Å². The van der Waals surface area contributed by atoms with E-state index in [1.807, 2.05) is 12.1 Å². The van der Waals surface area contributed by atoms with Gasteiger partial charge in [-0.05, 0) is 55.0 Å². The number of anilines is 1. The molecule has 1 aliphatic carbocycles. The zero-order chi connectivity index (χ0) is 21.3. The summed E-state index contributed by atoms with van der Waals surface area (Å²) in [5.74, 6) is 0. The molecule has 4 rings (SSSR count). The second-order valence-electron chi connectivity index (χ2n) is 8.40. The normalized spacial score (nSPS) is 21.4. The van der Waals surface area contributed by atoms with Crippen molar-refractivity contribution >= 4 is 17.5 Å². The molecule has 1 atom stereocenters. The Balaban J connectivity index is 1.23. The molecule has 1 aliphatic heterocycles. The van der Waals surface area contributed by atoms with Crippen LogP contribution in [0.2, 0.25) is 0 Å². The van der Waals surface area contributed by atoms with E-state index in [1.54, 1.807) is 0 Å². The summed E-state index contributed by atoms with van der Waals surface area (Å²) in [7, 11) is 0. The van der Waals surface area contributed by atoms with E-state index in [0.717, 1.165) is 51.2 Å². The van der Waals surface area contributed by atoms with Gasteiger partial charge in [0.05, 0.1) is 5.71 Å². The Hall–Kier alpha value is -2.63. The first kappa shape index (κ1) is 21.6. The molecular weight excluding hydrogens is 386 g/mol. The summed E-state index contributed by atoms with van der Waals surface area (Å²) < 4.78 is 0. The number of aliphatic hydroxyl groups is 1. The fraction of sp³-hybridized carbons (Fsp3) is 0.423. The number of piperazine rings is 1. The van der Waals surface area contributed by atoms with Crippen molar-refractivity contribution < 1.29 is 9.94 Å². The molecule has 2 aromatic rings. The van der Waals surface area contributed by atoms with Gasteiger partial charge in [-0.25, -0.2) is 0 Å². The number of oxime groups is 1. The summed E-state index contributed by atoms with van der Waals surface area (Å²) in [6, 6.07) is 20.9. The van der Waals surface area contributed by atoms with Crippen molar-refractivity contribution in [3.63, 3.8) is 0 Å².